The molecule has 0 radical (unpaired) electrons. The molecule has 0 saturated heterocycles. The molecule has 160 valence electrons. The van der Waals surface area contributed by atoms with Gasteiger partial charge in [-0.15, -0.1) is 0 Å². The van der Waals surface area contributed by atoms with Gasteiger partial charge in [-0.3, -0.25) is 14.4 Å². The van der Waals surface area contributed by atoms with Crippen LogP contribution in [0, 0.1) is 5.82 Å². The lowest BCUT2D eigenvalue weighted by Crippen LogP contribution is -2.44. The standard InChI is InChI=1S/C25H18BrFN2O3/c26-19-11-10-16(13-20(19)27)28-25(32)22(12-15-6-2-1-3-7-15)29-21-14-23(30)17-8-4-5-9-18(17)24(21)31/h1-11,13-14,22,29H,12H2,(H,28,32). The predicted octanol–water partition coefficient (Wildman–Crippen LogP) is 4.69. The van der Waals surface area contributed by atoms with Crippen LogP contribution in [0.15, 0.2) is 89.0 Å². The molecule has 1 amide bonds. The van der Waals surface area contributed by atoms with Crippen molar-refractivity contribution in [1.29, 1.82) is 0 Å². The largest absolute Gasteiger partial charge is 0.370 e. The summed E-state index contributed by atoms with van der Waals surface area (Å²) in [4.78, 5) is 38.5. The summed E-state index contributed by atoms with van der Waals surface area (Å²) in [5.41, 5.74) is 1.80. The summed E-state index contributed by atoms with van der Waals surface area (Å²) in [5.74, 6) is -1.64. The van der Waals surface area contributed by atoms with E-state index in [1.807, 2.05) is 30.3 Å². The number of ketones is 2. The third kappa shape index (κ3) is 4.68. The number of rotatable bonds is 6. The number of nitrogens with one attached hydrogen (secondary N) is 2. The molecule has 0 saturated carbocycles. The summed E-state index contributed by atoms with van der Waals surface area (Å²) in [6, 6.07) is 19.2. The van der Waals surface area contributed by atoms with Gasteiger partial charge in [0, 0.05) is 29.3 Å². The summed E-state index contributed by atoms with van der Waals surface area (Å²) >= 11 is 3.08. The normalized spacial score (nSPS) is 13.8. The van der Waals surface area contributed by atoms with Crippen molar-refractivity contribution in [1.82, 2.24) is 5.32 Å². The first kappa shape index (κ1) is 21.6. The van der Waals surface area contributed by atoms with Crippen LogP contribution in [-0.4, -0.2) is 23.5 Å². The Labute approximate surface area is 192 Å². The molecule has 3 aromatic carbocycles. The van der Waals surface area contributed by atoms with E-state index in [4.69, 9.17) is 0 Å². The second kappa shape index (κ2) is 9.28. The van der Waals surface area contributed by atoms with Gasteiger partial charge in [-0.05, 0) is 39.7 Å². The molecule has 3 aromatic rings. The molecule has 1 aliphatic carbocycles. The van der Waals surface area contributed by atoms with Crippen LogP contribution >= 0.6 is 15.9 Å². The highest BCUT2D eigenvalue weighted by Crippen LogP contribution is 2.22. The topological polar surface area (TPSA) is 75.3 Å². The van der Waals surface area contributed by atoms with Crippen molar-refractivity contribution in [3.05, 3.63) is 112 Å². The van der Waals surface area contributed by atoms with Gasteiger partial charge >= 0.3 is 0 Å². The molecule has 4 rings (SSSR count). The quantitative estimate of drug-likeness (QED) is 0.523. The molecule has 5 nitrogen and oxygen atoms in total. The second-order valence-corrected chi connectivity index (χ2v) is 8.16. The Hall–Kier alpha value is -3.58. The number of halogens is 2. The molecule has 0 fully saturated rings. The van der Waals surface area contributed by atoms with E-state index in [1.165, 1.54) is 18.2 Å². The van der Waals surface area contributed by atoms with Crippen LogP contribution < -0.4 is 10.6 Å². The van der Waals surface area contributed by atoms with Gasteiger partial charge in [0.15, 0.2) is 5.78 Å². The molecule has 1 unspecified atom stereocenters. The summed E-state index contributed by atoms with van der Waals surface area (Å²) in [7, 11) is 0. The van der Waals surface area contributed by atoms with Crippen molar-refractivity contribution in [3.63, 3.8) is 0 Å². The van der Waals surface area contributed by atoms with E-state index in [0.29, 0.717) is 5.56 Å². The average molecular weight is 493 g/mol. The van der Waals surface area contributed by atoms with Crippen molar-refractivity contribution >= 4 is 39.1 Å². The second-order valence-electron chi connectivity index (χ2n) is 7.30. The Balaban J connectivity index is 1.61. The Morgan fingerprint density at radius 3 is 2.34 bits per heavy atom. The minimum atomic E-state index is -0.877. The molecule has 1 aliphatic rings. The maximum Gasteiger partial charge on any atom is 0.247 e. The van der Waals surface area contributed by atoms with Crippen molar-refractivity contribution in [2.75, 3.05) is 5.32 Å². The number of amides is 1. The summed E-state index contributed by atoms with van der Waals surface area (Å²) in [6.07, 6.45) is 1.47. The molecule has 1 atom stereocenters. The lowest BCUT2D eigenvalue weighted by Gasteiger charge is -2.23. The Kier molecular flexibility index (Phi) is 6.28. The van der Waals surface area contributed by atoms with Gasteiger partial charge in [-0.25, -0.2) is 4.39 Å². The van der Waals surface area contributed by atoms with Crippen molar-refractivity contribution in [2.24, 2.45) is 0 Å². The minimum absolute atomic E-state index is 0.0479. The molecular formula is C25H18BrFN2O3. The highest BCUT2D eigenvalue weighted by atomic mass is 79.9. The number of hydrogen-bond donors (Lipinski definition) is 2. The number of Topliss-reactive ketones (excluding diaryl/α,β-unsaturated/α-hetero) is 1. The van der Waals surface area contributed by atoms with Crippen LogP contribution in [-0.2, 0) is 11.2 Å². The van der Waals surface area contributed by atoms with Crippen LogP contribution in [0.3, 0.4) is 0 Å². The number of hydrogen-bond acceptors (Lipinski definition) is 4. The number of allylic oxidation sites excluding steroid dienone is 2. The summed E-state index contributed by atoms with van der Waals surface area (Å²) in [6.45, 7) is 0. The smallest absolute Gasteiger partial charge is 0.247 e. The lowest BCUT2D eigenvalue weighted by atomic mass is 9.92. The van der Waals surface area contributed by atoms with Crippen LogP contribution in [0.2, 0.25) is 0 Å². The summed E-state index contributed by atoms with van der Waals surface area (Å²) in [5, 5.41) is 5.63. The number of fused-ring (bicyclic) bond motifs is 1. The maximum absolute atomic E-state index is 13.9. The number of carbonyl (C=O) groups excluding carboxylic acids is 3. The fourth-order valence-corrected chi connectivity index (χ4v) is 3.72. The van der Waals surface area contributed by atoms with E-state index in [0.717, 1.165) is 5.56 Å². The zero-order chi connectivity index (χ0) is 22.7. The molecule has 7 heteroatoms. The van der Waals surface area contributed by atoms with E-state index in [9.17, 15) is 18.8 Å². The first-order valence-corrected chi connectivity index (χ1v) is 10.7. The molecule has 32 heavy (non-hydrogen) atoms. The monoisotopic (exact) mass is 492 g/mol. The van der Waals surface area contributed by atoms with Gasteiger partial charge in [0.25, 0.3) is 0 Å². The minimum Gasteiger partial charge on any atom is -0.370 e. The zero-order valence-corrected chi connectivity index (χ0v) is 18.4. The molecular weight excluding hydrogens is 475 g/mol. The van der Waals surface area contributed by atoms with Crippen LogP contribution in [0.4, 0.5) is 10.1 Å². The van der Waals surface area contributed by atoms with Gasteiger partial charge in [0.2, 0.25) is 11.7 Å². The highest BCUT2D eigenvalue weighted by molar-refractivity contribution is 9.10. The van der Waals surface area contributed by atoms with E-state index < -0.39 is 17.8 Å². The van der Waals surface area contributed by atoms with Crippen LogP contribution in [0.1, 0.15) is 26.3 Å². The Morgan fingerprint density at radius 1 is 0.938 bits per heavy atom. The van der Waals surface area contributed by atoms with Crippen LogP contribution in [0.25, 0.3) is 0 Å². The predicted molar refractivity (Wildman–Crippen MR) is 123 cm³/mol. The Bertz CT molecular complexity index is 1240. The molecule has 0 heterocycles. The van der Waals surface area contributed by atoms with Gasteiger partial charge < -0.3 is 10.6 Å². The average Bonchev–Trinajstić information content (AvgIpc) is 2.80. The first-order chi connectivity index (χ1) is 15.4. The van der Waals surface area contributed by atoms with E-state index in [1.54, 1.807) is 30.3 Å². The van der Waals surface area contributed by atoms with Gasteiger partial charge in [-0.2, -0.15) is 0 Å². The van der Waals surface area contributed by atoms with Crippen LogP contribution in [0.5, 0.6) is 0 Å². The lowest BCUT2D eigenvalue weighted by molar-refractivity contribution is -0.117. The number of anilines is 1. The third-order valence-electron chi connectivity index (χ3n) is 5.07. The van der Waals surface area contributed by atoms with Crippen molar-refractivity contribution in [2.45, 2.75) is 12.5 Å². The fraction of sp³-hybridized carbons (Fsp3) is 0.0800. The summed E-state index contributed by atoms with van der Waals surface area (Å²) < 4.78 is 14.2. The molecule has 0 aromatic heterocycles. The van der Waals surface area contributed by atoms with Crippen molar-refractivity contribution < 1.29 is 18.8 Å². The molecule has 0 bridgehead atoms. The number of benzene rings is 3. The van der Waals surface area contributed by atoms with Gasteiger partial charge in [0.1, 0.15) is 11.9 Å². The molecule has 2 N–H and O–H groups in total. The van der Waals surface area contributed by atoms with E-state index >= 15 is 0 Å². The highest BCUT2D eigenvalue weighted by Gasteiger charge is 2.29. The third-order valence-corrected chi connectivity index (χ3v) is 5.72. The SMILES string of the molecule is O=C1C=C(NC(Cc2ccccc2)C(=O)Nc2ccc(Br)c(F)c2)C(=O)c2ccccc21. The van der Waals surface area contributed by atoms with E-state index in [2.05, 4.69) is 26.6 Å². The first-order valence-electron chi connectivity index (χ1n) is 9.88. The molecule has 0 aliphatic heterocycles. The van der Waals surface area contributed by atoms with Gasteiger partial charge in [0.05, 0.1) is 10.2 Å². The van der Waals surface area contributed by atoms with E-state index in [-0.39, 0.29) is 39.4 Å². The Morgan fingerprint density at radius 2 is 1.62 bits per heavy atom. The van der Waals surface area contributed by atoms with Gasteiger partial charge in [-0.1, -0.05) is 54.6 Å². The number of carbonyl (C=O) groups is 3. The van der Waals surface area contributed by atoms with Crippen molar-refractivity contribution in [3.8, 4) is 0 Å². The maximum atomic E-state index is 13.9. The zero-order valence-electron chi connectivity index (χ0n) is 16.8. The fourth-order valence-electron chi connectivity index (χ4n) is 3.47. The molecule has 0 spiro atoms.